The van der Waals surface area contributed by atoms with E-state index in [-0.39, 0.29) is 13.0 Å². The fourth-order valence-electron chi connectivity index (χ4n) is 1.41. The van der Waals surface area contributed by atoms with Gasteiger partial charge in [0.2, 0.25) is 11.4 Å². The van der Waals surface area contributed by atoms with Crippen molar-refractivity contribution in [2.45, 2.75) is 45.3 Å². The number of amides is 1. The number of carbonyl (C=O) groups is 3. The van der Waals surface area contributed by atoms with Gasteiger partial charge in [0.15, 0.2) is 0 Å². The molecule has 5 nitrogen and oxygen atoms in total. The number of alkyl halides is 3. The molecule has 0 aromatic rings. The van der Waals surface area contributed by atoms with Gasteiger partial charge < -0.3 is 10.1 Å². The monoisotopic (exact) mass is 283 g/mol. The number of esters is 1. The highest BCUT2D eigenvalue weighted by molar-refractivity contribution is 5.93. The predicted octanol–water partition coefficient (Wildman–Crippen LogP) is 1.36. The molecule has 0 aliphatic carbocycles. The minimum absolute atomic E-state index is 0.255. The molecule has 19 heavy (non-hydrogen) atoms. The first-order valence-corrected chi connectivity index (χ1v) is 5.65. The second kappa shape index (κ2) is 6.53. The molecule has 0 rings (SSSR count). The molecule has 1 atom stereocenters. The molecule has 0 heterocycles. The van der Waals surface area contributed by atoms with E-state index in [9.17, 15) is 27.6 Å². The minimum atomic E-state index is -5.13. The van der Waals surface area contributed by atoms with E-state index in [0.29, 0.717) is 0 Å². The highest BCUT2D eigenvalue weighted by Gasteiger charge is 2.63. The standard InChI is InChI=1S/C11H16F3NO4/c1-4-8(17)15-10(6-7(3)16,11(12,13)14)9(18)19-5-2/h4-6H2,1-3H3,(H,15,17). The first kappa shape index (κ1) is 17.4. The van der Waals surface area contributed by atoms with Crippen molar-refractivity contribution in [2.75, 3.05) is 6.61 Å². The molecule has 0 saturated carbocycles. The molecule has 0 aromatic heterocycles. The van der Waals surface area contributed by atoms with Gasteiger partial charge >= 0.3 is 12.1 Å². The van der Waals surface area contributed by atoms with Crippen LogP contribution in [0.25, 0.3) is 0 Å². The largest absolute Gasteiger partial charge is 0.464 e. The molecule has 0 aliphatic rings. The second-order valence-electron chi connectivity index (χ2n) is 3.90. The number of hydrogen-bond acceptors (Lipinski definition) is 4. The summed E-state index contributed by atoms with van der Waals surface area (Å²) in [5.41, 5.74) is -3.32. The Bertz CT molecular complexity index is 367. The number of ketones is 1. The van der Waals surface area contributed by atoms with Crippen LogP contribution < -0.4 is 5.32 Å². The summed E-state index contributed by atoms with van der Waals surface area (Å²) in [6.45, 7) is 3.26. The maximum Gasteiger partial charge on any atom is 0.422 e. The highest BCUT2D eigenvalue weighted by Crippen LogP contribution is 2.35. The van der Waals surface area contributed by atoms with Crippen molar-refractivity contribution in [3.63, 3.8) is 0 Å². The molecule has 0 aromatic carbocycles. The Hall–Kier alpha value is -1.60. The molecular weight excluding hydrogens is 267 g/mol. The average Bonchev–Trinajstić information content (AvgIpc) is 2.25. The van der Waals surface area contributed by atoms with Crippen LogP contribution in [0.3, 0.4) is 0 Å². The van der Waals surface area contributed by atoms with Crippen molar-refractivity contribution in [3.05, 3.63) is 0 Å². The van der Waals surface area contributed by atoms with Crippen molar-refractivity contribution in [1.82, 2.24) is 5.32 Å². The third kappa shape index (κ3) is 4.22. The maximum absolute atomic E-state index is 13.1. The number of Topliss-reactive ketones (excluding diaryl/α,β-unsaturated/α-hetero) is 1. The number of hydrogen-bond donors (Lipinski definition) is 1. The zero-order chi connectivity index (χ0) is 15.3. The van der Waals surface area contributed by atoms with Crippen molar-refractivity contribution in [1.29, 1.82) is 0 Å². The average molecular weight is 283 g/mol. The SMILES string of the molecule is CCOC(=O)C(CC(C)=O)(NC(=O)CC)C(F)(F)F. The van der Waals surface area contributed by atoms with Crippen LogP contribution in [-0.2, 0) is 19.1 Å². The number of rotatable bonds is 6. The zero-order valence-electron chi connectivity index (χ0n) is 10.9. The smallest absolute Gasteiger partial charge is 0.422 e. The van der Waals surface area contributed by atoms with E-state index in [4.69, 9.17) is 0 Å². The Morgan fingerprint density at radius 1 is 1.16 bits per heavy atom. The summed E-state index contributed by atoms with van der Waals surface area (Å²) in [6, 6.07) is 0. The third-order valence-electron chi connectivity index (χ3n) is 2.30. The lowest BCUT2D eigenvalue weighted by atomic mass is 9.91. The maximum atomic E-state index is 13.1. The summed E-state index contributed by atoms with van der Waals surface area (Å²) in [6.07, 6.45) is -6.58. The molecule has 0 radical (unpaired) electrons. The van der Waals surface area contributed by atoms with Crippen LogP contribution in [-0.4, -0.2) is 36.0 Å². The van der Waals surface area contributed by atoms with Crippen LogP contribution in [0.5, 0.6) is 0 Å². The van der Waals surface area contributed by atoms with Gasteiger partial charge in [-0.1, -0.05) is 6.92 Å². The van der Waals surface area contributed by atoms with Crippen molar-refractivity contribution >= 4 is 17.7 Å². The number of nitrogens with one attached hydrogen (secondary N) is 1. The van der Waals surface area contributed by atoms with E-state index in [2.05, 4.69) is 4.74 Å². The molecule has 1 unspecified atom stereocenters. The Labute approximate surface area is 108 Å². The third-order valence-corrected chi connectivity index (χ3v) is 2.30. The summed E-state index contributed by atoms with van der Waals surface area (Å²) >= 11 is 0. The zero-order valence-corrected chi connectivity index (χ0v) is 10.9. The van der Waals surface area contributed by atoms with Crippen LogP contribution in [0, 0.1) is 0 Å². The fraction of sp³-hybridized carbons (Fsp3) is 0.727. The van der Waals surface area contributed by atoms with Gasteiger partial charge in [0.05, 0.1) is 6.61 Å². The van der Waals surface area contributed by atoms with Crippen LogP contribution in [0.15, 0.2) is 0 Å². The first-order valence-electron chi connectivity index (χ1n) is 5.65. The molecule has 0 saturated heterocycles. The normalized spacial score (nSPS) is 14.4. The highest BCUT2D eigenvalue weighted by atomic mass is 19.4. The predicted molar refractivity (Wildman–Crippen MR) is 59.2 cm³/mol. The fourth-order valence-corrected chi connectivity index (χ4v) is 1.41. The number of carbonyl (C=O) groups excluding carboxylic acids is 3. The lowest BCUT2D eigenvalue weighted by Gasteiger charge is -2.33. The van der Waals surface area contributed by atoms with E-state index < -0.39 is 35.8 Å². The van der Waals surface area contributed by atoms with E-state index in [1.165, 1.54) is 13.8 Å². The van der Waals surface area contributed by atoms with Crippen molar-refractivity contribution in [3.8, 4) is 0 Å². The van der Waals surface area contributed by atoms with Gasteiger partial charge in [-0.25, -0.2) is 4.79 Å². The quantitative estimate of drug-likeness (QED) is 0.747. The molecule has 0 spiro atoms. The van der Waals surface area contributed by atoms with Gasteiger partial charge in [0, 0.05) is 12.8 Å². The molecule has 110 valence electrons. The lowest BCUT2D eigenvalue weighted by molar-refractivity contribution is -0.215. The summed E-state index contributed by atoms with van der Waals surface area (Å²) in [5.74, 6) is -3.56. The molecule has 0 aliphatic heterocycles. The molecule has 1 N–H and O–H groups in total. The molecule has 0 fully saturated rings. The topological polar surface area (TPSA) is 72.5 Å². The van der Waals surface area contributed by atoms with E-state index in [0.717, 1.165) is 6.92 Å². The first-order chi connectivity index (χ1) is 8.60. The molecule has 1 amide bonds. The minimum Gasteiger partial charge on any atom is -0.464 e. The Morgan fingerprint density at radius 3 is 2.00 bits per heavy atom. The van der Waals surface area contributed by atoms with Crippen molar-refractivity contribution in [2.24, 2.45) is 0 Å². The molecule has 0 bridgehead atoms. The van der Waals surface area contributed by atoms with E-state index in [1.807, 2.05) is 0 Å². The van der Waals surface area contributed by atoms with Gasteiger partial charge in [-0.2, -0.15) is 13.2 Å². The summed E-state index contributed by atoms with van der Waals surface area (Å²) in [7, 11) is 0. The van der Waals surface area contributed by atoms with Crippen LogP contribution in [0.4, 0.5) is 13.2 Å². The van der Waals surface area contributed by atoms with E-state index >= 15 is 0 Å². The van der Waals surface area contributed by atoms with Crippen LogP contribution in [0.2, 0.25) is 0 Å². The molecule has 8 heteroatoms. The van der Waals surface area contributed by atoms with E-state index in [1.54, 1.807) is 5.32 Å². The van der Waals surface area contributed by atoms with Gasteiger partial charge in [0.1, 0.15) is 5.78 Å². The second-order valence-corrected chi connectivity index (χ2v) is 3.90. The Kier molecular flexibility index (Phi) is 5.98. The van der Waals surface area contributed by atoms with Gasteiger partial charge in [-0.15, -0.1) is 0 Å². The number of ether oxygens (including phenoxy) is 1. The van der Waals surface area contributed by atoms with Crippen molar-refractivity contribution < 1.29 is 32.3 Å². The van der Waals surface area contributed by atoms with Crippen LogP contribution in [0.1, 0.15) is 33.6 Å². The number of halogens is 3. The van der Waals surface area contributed by atoms with Gasteiger partial charge in [-0.05, 0) is 13.8 Å². The lowest BCUT2D eigenvalue weighted by Crippen LogP contribution is -2.65. The Morgan fingerprint density at radius 2 is 1.68 bits per heavy atom. The van der Waals surface area contributed by atoms with Gasteiger partial charge in [-0.3, -0.25) is 9.59 Å². The summed E-state index contributed by atoms with van der Waals surface area (Å²) < 4.78 is 43.8. The molecular formula is C11H16F3NO4. The van der Waals surface area contributed by atoms with Crippen LogP contribution >= 0.6 is 0 Å². The van der Waals surface area contributed by atoms with Gasteiger partial charge in [0.25, 0.3) is 0 Å². The summed E-state index contributed by atoms with van der Waals surface area (Å²) in [5, 5.41) is 1.58. The summed E-state index contributed by atoms with van der Waals surface area (Å²) in [4.78, 5) is 33.8. The Balaban J connectivity index is 5.64.